The predicted octanol–water partition coefficient (Wildman–Crippen LogP) is 2.23. The molecule has 0 bridgehead atoms. The Labute approximate surface area is 141 Å². The van der Waals surface area contributed by atoms with Crippen LogP contribution in [0.2, 0.25) is 0 Å². The molecular formula is C16H20N3O4P. The lowest BCUT2D eigenvalue weighted by Crippen LogP contribution is -2.46. The smallest absolute Gasteiger partial charge is 0.344 e. The molecule has 1 heterocycles. The zero-order valence-electron chi connectivity index (χ0n) is 13.6. The second-order valence-electron chi connectivity index (χ2n) is 5.14. The van der Waals surface area contributed by atoms with E-state index in [-0.39, 0.29) is 24.6 Å². The Bertz CT molecular complexity index is 717. The van der Waals surface area contributed by atoms with Gasteiger partial charge in [0.25, 0.3) is 0 Å². The predicted molar refractivity (Wildman–Crippen MR) is 88.8 cm³/mol. The summed E-state index contributed by atoms with van der Waals surface area (Å²) in [4.78, 5) is 12.6. The highest BCUT2D eigenvalue weighted by Gasteiger charge is 2.51. The van der Waals surface area contributed by atoms with Gasteiger partial charge in [-0.2, -0.15) is 5.26 Å². The lowest BCUT2D eigenvalue weighted by atomic mass is 9.86. The van der Waals surface area contributed by atoms with Crippen LogP contribution in [-0.4, -0.2) is 24.8 Å². The fourth-order valence-corrected chi connectivity index (χ4v) is 4.93. The second-order valence-corrected chi connectivity index (χ2v) is 7.29. The summed E-state index contributed by atoms with van der Waals surface area (Å²) in [6.07, 6.45) is 0. The Morgan fingerprint density at radius 2 is 1.83 bits per heavy atom. The van der Waals surface area contributed by atoms with Gasteiger partial charge in [-0.25, -0.2) is 0 Å². The quantitative estimate of drug-likeness (QED) is 0.761. The molecule has 1 aromatic carbocycles. The topological polar surface area (TPSA) is 114 Å². The van der Waals surface area contributed by atoms with Gasteiger partial charge in [0.15, 0.2) is 5.66 Å². The molecule has 0 aliphatic carbocycles. The maximum absolute atomic E-state index is 13.3. The van der Waals surface area contributed by atoms with Gasteiger partial charge >= 0.3 is 7.60 Å². The molecule has 0 unspecified atom stereocenters. The molecule has 0 aromatic heterocycles. The first-order chi connectivity index (χ1) is 11.5. The zero-order chi connectivity index (χ0) is 17.7. The van der Waals surface area contributed by atoms with Crippen molar-refractivity contribution in [1.29, 1.82) is 5.26 Å². The first kappa shape index (κ1) is 18.2. The largest absolute Gasteiger partial charge is 0.384 e. The van der Waals surface area contributed by atoms with Gasteiger partial charge in [-0.3, -0.25) is 9.36 Å². The van der Waals surface area contributed by atoms with Crippen LogP contribution < -0.4 is 11.1 Å². The van der Waals surface area contributed by atoms with Crippen molar-refractivity contribution in [2.45, 2.75) is 25.4 Å². The molecule has 2 atom stereocenters. The molecule has 7 nitrogen and oxygen atoms in total. The van der Waals surface area contributed by atoms with Gasteiger partial charge in [0.05, 0.1) is 24.9 Å². The van der Waals surface area contributed by atoms with Crippen LogP contribution in [0.5, 0.6) is 0 Å². The average Bonchev–Trinajstić information content (AvgIpc) is 2.55. The third-order valence-corrected chi connectivity index (χ3v) is 6.13. The minimum atomic E-state index is -3.80. The third-order valence-electron chi connectivity index (χ3n) is 3.68. The summed E-state index contributed by atoms with van der Waals surface area (Å²) in [6, 6.07) is 10.9. The third kappa shape index (κ3) is 3.36. The molecule has 8 heteroatoms. The van der Waals surface area contributed by atoms with Crippen LogP contribution in [0.25, 0.3) is 0 Å². The highest BCUT2D eigenvalue weighted by atomic mass is 31.2. The molecular weight excluding hydrogens is 329 g/mol. The molecule has 0 spiro atoms. The molecule has 24 heavy (non-hydrogen) atoms. The summed E-state index contributed by atoms with van der Waals surface area (Å²) in [5, 5.41) is 11.9. The van der Waals surface area contributed by atoms with Crippen LogP contribution in [0.1, 0.15) is 25.3 Å². The molecule has 1 aliphatic heterocycles. The first-order valence-electron chi connectivity index (χ1n) is 7.62. The van der Waals surface area contributed by atoms with Gasteiger partial charge in [0, 0.05) is 5.92 Å². The SMILES string of the molecule is CCOP(=O)(OCC)[C@H]1C(=O)NC(N)=C(C#N)[C@H]1c1ccccc1. The molecule has 0 saturated carbocycles. The van der Waals surface area contributed by atoms with Crippen LogP contribution in [0.15, 0.2) is 41.7 Å². The van der Waals surface area contributed by atoms with E-state index in [9.17, 15) is 14.6 Å². The van der Waals surface area contributed by atoms with Gasteiger partial charge in [-0.1, -0.05) is 30.3 Å². The number of carbonyl (C=O) groups is 1. The minimum Gasteiger partial charge on any atom is -0.384 e. The number of nitrogens with zero attached hydrogens (tertiary/aromatic N) is 1. The molecule has 0 fully saturated rings. The van der Waals surface area contributed by atoms with Crippen molar-refractivity contribution in [3.63, 3.8) is 0 Å². The standard InChI is InChI=1S/C16H20N3O4P/c1-3-22-24(21,23-4-2)14-13(11-8-6-5-7-9-11)12(10-17)15(18)19-16(14)20/h5-9,13-14H,3-4,18H2,1-2H3,(H,19,20)/t13-,14-/m1/s1. The number of amides is 1. The van der Waals surface area contributed by atoms with Crippen LogP contribution in [-0.2, 0) is 18.4 Å². The highest BCUT2D eigenvalue weighted by Crippen LogP contribution is 2.59. The van der Waals surface area contributed by atoms with Gasteiger partial charge in [-0.15, -0.1) is 0 Å². The Morgan fingerprint density at radius 3 is 2.33 bits per heavy atom. The fraction of sp³-hybridized carbons (Fsp3) is 0.375. The average molecular weight is 349 g/mol. The summed E-state index contributed by atoms with van der Waals surface area (Å²) in [5.74, 6) is -1.41. The van der Waals surface area contributed by atoms with E-state index >= 15 is 0 Å². The van der Waals surface area contributed by atoms with Crippen molar-refractivity contribution in [1.82, 2.24) is 5.32 Å². The van der Waals surface area contributed by atoms with Crippen molar-refractivity contribution >= 4 is 13.5 Å². The van der Waals surface area contributed by atoms with Crippen molar-refractivity contribution in [2.75, 3.05) is 13.2 Å². The molecule has 1 aliphatic rings. The number of nitrogens with one attached hydrogen (secondary N) is 1. The lowest BCUT2D eigenvalue weighted by molar-refractivity contribution is -0.121. The van der Waals surface area contributed by atoms with E-state index in [4.69, 9.17) is 14.8 Å². The molecule has 128 valence electrons. The van der Waals surface area contributed by atoms with E-state index in [0.717, 1.165) is 0 Å². The first-order valence-corrected chi connectivity index (χ1v) is 9.24. The summed E-state index contributed by atoms with van der Waals surface area (Å²) in [5.41, 5.74) is 5.43. The number of benzene rings is 1. The summed E-state index contributed by atoms with van der Waals surface area (Å²) >= 11 is 0. The van der Waals surface area contributed by atoms with E-state index < -0.39 is 25.1 Å². The number of carbonyl (C=O) groups excluding carboxylic acids is 1. The minimum absolute atomic E-state index is 0.0350. The number of rotatable bonds is 6. The maximum Gasteiger partial charge on any atom is 0.344 e. The Morgan fingerprint density at radius 1 is 1.25 bits per heavy atom. The van der Waals surface area contributed by atoms with E-state index in [1.54, 1.807) is 38.1 Å². The van der Waals surface area contributed by atoms with Crippen LogP contribution in [0.4, 0.5) is 0 Å². The summed E-state index contributed by atoms with van der Waals surface area (Å²) in [6.45, 7) is 3.56. The van der Waals surface area contributed by atoms with Crippen LogP contribution in [0.3, 0.4) is 0 Å². The van der Waals surface area contributed by atoms with Gasteiger partial charge in [0.2, 0.25) is 5.91 Å². The van der Waals surface area contributed by atoms with Crippen molar-refractivity contribution in [3.05, 3.63) is 47.3 Å². The number of hydrogen-bond donors (Lipinski definition) is 2. The van der Waals surface area contributed by atoms with E-state index in [0.29, 0.717) is 5.56 Å². The summed E-state index contributed by atoms with van der Waals surface area (Å²) in [7, 11) is -3.80. The van der Waals surface area contributed by atoms with Gasteiger partial charge < -0.3 is 20.1 Å². The summed E-state index contributed by atoms with van der Waals surface area (Å²) < 4.78 is 24.0. The molecule has 0 saturated heterocycles. The van der Waals surface area contributed by atoms with Gasteiger partial charge in [-0.05, 0) is 19.4 Å². The number of hydrogen-bond acceptors (Lipinski definition) is 6. The normalized spacial score (nSPS) is 21.3. The van der Waals surface area contributed by atoms with Crippen molar-refractivity contribution < 1.29 is 18.4 Å². The molecule has 0 radical (unpaired) electrons. The fourth-order valence-electron chi connectivity index (χ4n) is 2.77. The van der Waals surface area contributed by atoms with Crippen molar-refractivity contribution in [2.24, 2.45) is 5.73 Å². The Hall–Kier alpha value is -2.13. The lowest BCUT2D eigenvalue weighted by Gasteiger charge is -2.35. The highest BCUT2D eigenvalue weighted by molar-refractivity contribution is 7.55. The van der Waals surface area contributed by atoms with Crippen LogP contribution in [0, 0.1) is 11.3 Å². The molecule has 1 amide bonds. The molecule has 3 N–H and O–H groups in total. The van der Waals surface area contributed by atoms with E-state index in [2.05, 4.69) is 5.32 Å². The monoisotopic (exact) mass is 349 g/mol. The number of nitriles is 1. The Balaban J connectivity index is 2.64. The van der Waals surface area contributed by atoms with Gasteiger partial charge in [0.1, 0.15) is 5.82 Å². The Kier molecular flexibility index (Phi) is 5.79. The zero-order valence-corrected chi connectivity index (χ0v) is 14.5. The van der Waals surface area contributed by atoms with E-state index in [1.165, 1.54) is 0 Å². The van der Waals surface area contributed by atoms with E-state index in [1.807, 2.05) is 12.1 Å². The second kappa shape index (κ2) is 7.63. The number of allylic oxidation sites excluding steroid dienone is 1. The number of nitrogens with two attached hydrogens (primary N) is 1. The molecule has 1 aromatic rings. The van der Waals surface area contributed by atoms with Crippen molar-refractivity contribution in [3.8, 4) is 6.07 Å². The van der Waals surface area contributed by atoms with Crippen LogP contribution >= 0.6 is 7.60 Å². The maximum atomic E-state index is 13.3. The molecule has 2 rings (SSSR count).